The highest BCUT2D eigenvalue weighted by atomic mass is 32.2. The van der Waals surface area contributed by atoms with Gasteiger partial charge in [-0.1, -0.05) is 153 Å². The maximum atomic E-state index is 11.2. The molecule has 0 aromatic heterocycles. The van der Waals surface area contributed by atoms with Gasteiger partial charge >= 0.3 is 0 Å². The summed E-state index contributed by atoms with van der Waals surface area (Å²) in [5, 5.41) is 11.0. The van der Waals surface area contributed by atoms with Crippen LogP contribution in [-0.2, 0) is 88.1 Å². The monoisotopic (exact) mass is 962 g/mol. The van der Waals surface area contributed by atoms with E-state index >= 15 is 0 Å². The number of benzene rings is 4. The Morgan fingerprint density at radius 1 is 0.544 bits per heavy atom. The summed E-state index contributed by atoms with van der Waals surface area (Å²) in [6.45, 7) is 5.51. The molecule has 2 aliphatic heterocycles. The van der Waals surface area contributed by atoms with Crippen LogP contribution in [0.1, 0.15) is 60.8 Å². The molecule has 4 aromatic carbocycles. The van der Waals surface area contributed by atoms with E-state index in [1.54, 1.807) is 13.2 Å². The number of rotatable bonds is 31. The maximum absolute atomic E-state index is 11.2. The van der Waals surface area contributed by atoms with Crippen molar-refractivity contribution < 1.29 is 65.1 Å². The molecule has 0 spiro atoms. The first-order valence-corrected chi connectivity index (χ1v) is 25.4. The number of hydrogen-bond donors (Lipinski definition) is 1. The second-order valence-electron chi connectivity index (χ2n) is 17.0. The number of unbranched alkanes of at least 4 members (excludes halogenated alkanes) is 5. The Morgan fingerprint density at radius 2 is 0.971 bits per heavy atom. The summed E-state index contributed by atoms with van der Waals surface area (Å²) in [5.74, 6) is 0. The molecule has 2 saturated heterocycles. The molecular weight excluding hydrogens is 893 g/mol. The van der Waals surface area contributed by atoms with Crippen LogP contribution in [0.2, 0.25) is 0 Å². The molecule has 1 N–H and O–H groups in total. The fourth-order valence-electron chi connectivity index (χ4n) is 8.26. The van der Waals surface area contributed by atoms with E-state index < -0.39 is 78.1 Å². The van der Waals surface area contributed by atoms with E-state index in [0.717, 1.165) is 60.6 Å². The van der Waals surface area contributed by atoms with Gasteiger partial charge in [0.25, 0.3) is 10.1 Å². The van der Waals surface area contributed by atoms with Crippen LogP contribution >= 0.6 is 0 Å². The Hall–Kier alpha value is -3.91. The number of ether oxygens (including phenoxy) is 10. The lowest BCUT2D eigenvalue weighted by molar-refractivity contribution is -0.379. The fraction of sp³-hybridized carbons (Fsp3) is 0.509. The van der Waals surface area contributed by atoms with Crippen LogP contribution in [0.4, 0.5) is 0 Å². The Labute approximate surface area is 402 Å². The van der Waals surface area contributed by atoms with Gasteiger partial charge in [-0.05, 0) is 35.1 Å². The van der Waals surface area contributed by atoms with Crippen molar-refractivity contribution in [1.82, 2.24) is 0 Å². The summed E-state index contributed by atoms with van der Waals surface area (Å²) >= 11 is 0. The quantitative estimate of drug-likeness (QED) is 0.0297. The zero-order valence-electron chi connectivity index (χ0n) is 39.4. The van der Waals surface area contributed by atoms with Gasteiger partial charge in [-0.3, -0.25) is 4.18 Å². The van der Waals surface area contributed by atoms with Crippen LogP contribution in [0.3, 0.4) is 0 Å². The van der Waals surface area contributed by atoms with Crippen LogP contribution in [0.25, 0.3) is 0 Å². The number of hydrogen-bond acceptors (Lipinski definition) is 14. The molecule has 0 bridgehead atoms. The molecule has 0 aliphatic carbocycles. The molecule has 10 atom stereocenters. The van der Waals surface area contributed by atoms with E-state index in [1.807, 2.05) is 121 Å². The lowest BCUT2D eigenvalue weighted by Gasteiger charge is -2.49. The molecule has 2 heterocycles. The van der Waals surface area contributed by atoms with Crippen molar-refractivity contribution in [3.63, 3.8) is 0 Å². The van der Waals surface area contributed by atoms with Crippen LogP contribution in [0.5, 0.6) is 0 Å². The van der Waals surface area contributed by atoms with E-state index in [9.17, 15) is 13.5 Å². The van der Waals surface area contributed by atoms with Crippen molar-refractivity contribution in [3.8, 4) is 0 Å². The third-order valence-corrected chi connectivity index (χ3v) is 12.3. The SMILES string of the molecule is C=CCO[C@@H]1[C@H](O[C@H]2O[C@H](CO)[C@H](OCc3ccccc3)[C@H](OCc3ccccc3)[C@H]2OCc2ccccc2)[C@@H](OC)O[C@H](COCCCCCCCCOS(C)(=O)=O)[C@H]1OCc1ccccc1. The van der Waals surface area contributed by atoms with Crippen LogP contribution in [0, 0.1) is 0 Å². The lowest BCUT2D eigenvalue weighted by Crippen LogP contribution is -2.66. The predicted octanol–water partition coefficient (Wildman–Crippen LogP) is 7.71. The number of aliphatic hydroxyl groups is 1. The zero-order chi connectivity index (χ0) is 47.8. The van der Waals surface area contributed by atoms with Crippen molar-refractivity contribution in [1.29, 1.82) is 0 Å². The molecule has 68 heavy (non-hydrogen) atoms. The van der Waals surface area contributed by atoms with Gasteiger partial charge in [0.2, 0.25) is 0 Å². The molecule has 0 amide bonds. The highest BCUT2D eigenvalue weighted by Gasteiger charge is 2.54. The maximum Gasteiger partial charge on any atom is 0.264 e. The summed E-state index contributed by atoms with van der Waals surface area (Å²) in [6, 6.07) is 39.3. The van der Waals surface area contributed by atoms with Gasteiger partial charge in [-0.15, -0.1) is 6.58 Å². The second kappa shape index (κ2) is 29.3. The van der Waals surface area contributed by atoms with Gasteiger partial charge in [-0.2, -0.15) is 8.42 Å². The third kappa shape index (κ3) is 17.5. The molecule has 6 rings (SSSR count). The molecule has 0 radical (unpaired) electrons. The highest BCUT2D eigenvalue weighted by molar-refractivity contribution is 7.85. The molecule has 0 unspecified atom stereocenters. The van der Waals surface area contributed by atoms with Crippen LogP contribution in [0.15, 0.2) is 134 Å². The topological polar surface area (TPSA) is 156 Å². The van der Waals surface area contributed by atoms with Gasteiger partial charge in [0, 0.05) is 13.7 Å². The minimum absolute atomic E-state index is 0.164. The molecule has 14 nitrogen and oxygen atoms in total. The normalized spacial score (nSPS) is 25.3. The van der Waals surface area contributed by atoms with Gasteiger partial charge in [-0.25, -0.2) is 0 Å². The second-order valence-corrected chi connectivity index (χ2v) is 18.6. The van der Waals surface area contributed by atoms with E-state index in [4.69, 9.17) is 51.6 Å². The fourth-order valence-corrected chi connectivity index (χ4v) is 8.68. The number of aliphatic hydroxyl groups excluding tert-OH is 1. The molecule has 372 valence electrons. The van der Waals surface area contributed by atoms with Crippen molar-refractivity contribution in [2.45, 2.75) is 126 Å². The van der Waals surface area contributed by atoms with E-state index in [0.29, 0.717) is 13.0 Å². The van der Waals surface area contributed by atoms with Gasteiger partial charge in [0.05, 0.1) is 59.1 Å². The summed E-state index contributed by atoms with van der Waals surface area (Å²) in [4.78, 5) is 0. The Bertz CT molecular complexity index is 2070. The molecular formula is C53H70O14S. The van der Waals surface area contributed by atoms with Crippen molar-refractivity contribution in [2.75, 3.05) is 46.4 Å². The highest BCUT2D eigenvalue weighted by Crippen LogP contribution is 2.36. The standard InChI is InChI=1S/C53H70O14S/c1-4-31-59-49-47(61-36-41-25-15-10-16-26-41)45(39-58-32-21-7-5-6-8-22-33-64-68(3,55)56)66-52(57-2)51(49)67-53-50(63-38-43-29-19-12-20-30-43)48(62-37-42-27-17-11-18-28-42)46(44(34-54)65-53)60-35-40-23-13-9-14-24-40/h4,9-20,23-30,44-54H,1,5-8,21-22,31-39H2,2-3H3/t44-,45-,46+,47-,48+,49+,50-,51+,52+,53-/m1/s1. The predicted molar refractivity (Wildman–Crippen MR) is 256 cm³/mol. The van der Waals surface area contributed by atoms with Gasteiger partial charge in [0.1, 0.15) is 48.8 Å². The first-order valence-electron chi connectivity index (χ1n) is 23.6. The zero-order valence-corrected chi connectivity index (χ0v) is 40.2. The molecule has 4 aromatic rings. The van der Waals surface area contributed by atoms with Gasteiger partial charge < -0.3 is 52.5 Å². The average Bonchev–Trinajstić information content (AvgIpc) is 3.36. The van der Waals surface area contributed by atoms with Crippen molar-refractivity contribution >= 4 is 10.1 Å². The first-order chi connectivity index (χ1) is 33.3. The molecule has 2 aliphatic rings. The Kier molecular flexibility index (Phi) is 23.0. The molecule has 0 saturated carbocycles. The van der Waals surface area contributed by atoms with Crippen LogP contribution < -0.4 is 0 Å². The summed E-state index contributed by atoms with van der Waals surface area (Å²) in [7, 11) is -1.87. The number of methoxy groups -OCH3 is 1. The minimum atomic E-state index is -3.42. The summed E-state index contributed by atoms with van der Waals surface area (Å²) in [5.41, 5.74) is 3.78. The third-order valence-electron chi connectivity index (χ3n) is 11.7. The summed E-state index contributed by atoms with van der Waals surface area (Å²) in [6.07, 6.45) is -0.538. The smallest absolute Gasteiger partial charge is 0.264 e. The van der Waals surface area contributed by atoms with E-state index in [2.05, 4.69) is 6.58 Å². The van der Waals surface area contributed by atoms with Crippen LogP contribution in [-0.4, -0.2) is 121 Å². The Balaban J connectivity index is 1.24. The van der Waals surface area contributed by atoms with Crippen molar-refractivity contribution in [3.05, 3.63) is 156 Å². The van der Waals surface area contributed by atoms with Gasteiger partial charge in [0.15, 0.2) is 12.6 Å². The molecule has 15 heteroatoms. The van der Waals surface area contributed by atoms with E-state index in [-0.39, 0.29) is 46.2 Å². The lowest BCUT2D eigenvalue weighted by atomic mass is 9.96. The van der Waals surface area contributed by atoms with E-state index in [1.165, 1.54) is 0 Å². The molecule has 2 fully saturated rings. The average molecular weight is 963 g/mol. The first kappa shape index (κ1) is 53.4. The van der Waals surface area contributed by atoms with Crippen molar-refractivity contribution in [2.24, 2.45) is 0 Å². The largest absolute Gasteiger partial charge is 0.394 e. The minimum Gasteiger partial charge on any atom is -0.394 e. The summed E-state index contributed by atoms with van der Waals surface area (Å²) < 4.78 is 93.7. The Morgan fingerprint density at radius 3 is 1.44 bits per heavy atom.